The van der Waals surface area contributed by atoms with Gasteiger partial charge in [-0.15, -0.1) is 0 Å². The van der Waals surface area contributed by atoms with E-state index < -0.39 is 0 Å². The van der Waals surface area contributed by atoms with Gasteiger partial charge in [0.1, 0.15) is 11.5 Å². The Bertz CT molecular complexity index is 497. The van der Waals surface area contributed by atoms with Gasteiger partial charge in [-0.25, -0.2) is 0 Å². The van der Waals surface area contributed by atoms with Gasteiger partial charge >= 0.3 is 0 Å². The van der Waals surface area contributed by atoms with Crippen LogP contribution in [0.15, 0.2) is 28.8 Å². The number of carbonyl (C=O) groups is 1. The highest BCUT2D eigenvalue weighted by Crippen LogP contribution is 2.13. The molecule has 0 aromatic carbocycles. The van der Waals surface area contributed by atoms with Crippen molar-refractivity contribution in [3.8, 4) is 0 Å². The van der Waals surface area contributed by atoms with Gasteiger partial charge in [-0.05, 0) is 31.5 Å². The molecule has 4 heteroatoms. The molecule has 0 fully saturated rings. The average Bonchev–Trinajstić information content (AvgIpc) is 2.87. The molecule has 2 rings (SSSR count). The normalized spacial score (nSPS) is 10.6. The Kier molecular flexibility index (Phi) is 2.90. The predicted molar refractivity (Wildman–Crippen MR) is 59.4 cm³/mol. The fourth-order valence-corrected chi connectivity index (χ4v) is 1.60. The molecule has 0 spiro atoms. The van der Waals surface area contributed by atoms with E-state index >= 15 is 0 Å². The van der Waals surface area contributed by atoms with Gasteiger partial charge in [0.25, 0.3) is 0 Å². The molecule has 0 bridgehead atoms. The second kappa shape index (κ2) is 4.35. The van der Waals surface area contributed by atoms with Gasteiger partial charge in [0.05, 0.1) is 0 Å². The molecule has 0 unspecified atom stereocenters. The maximum atomic E-state index is 12.1. The van der Waals surface area contributed by atoms with Crippen LogP contribution in [0.2, 0.25) is 0 Å². The molecule has 0 atom stereocenters. The van der Waals surface area contributed by atoms with Gasteiger partial charge in [-0.1, -0.05) is 6.92 Å². The number of carbonyl (C=O) groups excluding carboxylic acids is 1. The van der Waals surface area contributed by atoms with Crippen LogP contribution in [0.3, 0.4) is 0 Å². The first kappa shape index (κ1) is 10.7. The molecular weight excluding hydrogens is 204 g/mol. The Balaban J connectivity index is 2.30. The van der Waals surface area contributed by atoms with Gasteiger partial charge in [0, 0.05) is 12.7 Å². The van der Waals surface area contributed by atoms with Gasteiger partial charge in [-0.2, -0.15) is 5.10 Å². The standard InChI is InChI=1S/C12H14N2O2/c1-3-8-14-10(6-7-13-14)12(15)11-5-4-9(2)16-11/h4-7H,3,8H2,1-2H3. The Morgan fingerprint density at radius 1 is 1.44 bits per heavy atom. The fourth-order valence-electron chi connectivity index (χ4n) is 1.60. The molecule has 84 valence electrons. The van der Waals surface area contributed by atoms with E-state index in [0.717, 1.165) is 18.7 Å². The third-order valence-corrected chi connectivity index (χ3v) is 2.35. The molecule has 4 nitrogen and oxygen atoms in total. The third kappa shape index (κ3) is 1.91. The number of hydrogen-bond donors (Lipinski definition) is 0. The van der Waals surface area contributed by atoms with Crippen molar-refractivity contribution in [3.05, 3.63) is 41.6 Å². The molecule has 16 heavy (non-hydrogen) atoms. The molecule has 2 aromatic heterocycles. The molecule has 0 saturated carbocycles. The number of aromatic nitrogens is 2. The number of hydrogen-bond acceptors (Lipinski definition) is 3. The molecule has 0 saturated heterocycles. The van der Waals surface area contributed by atoms with Gasteiger partial charge in [0.2, 0.25) is 5.78 Å². The minimum Gasteiger partial charge on any atom is -0.458 e. The largest absolute Gasteiger partial charge is 0.458 e. The highest BCUT2D eigenvalue weighted by molar-refractivity contribution is 6.05. The Morgan fingerprint density at radius 3 is 2.88 bits per heavy atom. The van der Waals surface area contributed by atoms with Crippen LogP contribution in [0.1, 0.15) is 35.4 Å². The summed E-state index contributed by atoms with van der Waals surface area (Å²) in [5.41, 5.74) is 0.580. The van der Waals surface area contributed by atoms with Crippen molar-refractivity contribution >= 4 is 5.78 Å². The number of furan rings is 1. The summed E-state index contributed by atoms with van der Waals surface area (Å²) < 4.78 is 7.02. The summed E-state index contributed by atoms with van der Waals surface area (Å²) in [6.07, 6.45) is 2.58. The molecule has 2 aromatic rings. The highest BCUT2D eigenvalue weighted by atomic mass is 16.3. The molecule has 2 heterocycles. The highest BCUT2D eigenvalue weighted by Gasteiger charge is 2.16. The lowest BCUT2D eigenvalue weighted by molar-refractivity contribution is 0.0997. The van der Waals surface area contributed by atoms with E-state index in [1.54, 1.807) is 29.1 Å². The fraction of sp³-hybridized carbons (Fsp3) is 0.333. The number of aryl methyl sites for hydroxylation is 2. The zero-order chi connectivity index (χ0) is 11.5. The Labute approximate surface area is 93.9 Å². The summed E-state index contributed by atoms with van der Waals surface area (Å²) in [6, 6.07) is 5.20. The van der Waals surface area contributed by atoms with Crippen LogP contribution < -0.4 is 0 Å². The monoisotopic (exact) mass is 218 g/mol. The van der Waals surface area contributed by atoms with Crippen molar-refractivity contribution in [1.82, 2.24) is 9.78 Å². The van der Waals surface area contributed by atoms with E-state index in [2.05, 4.69) is 5.10 Å². The first-order valence-electron chi connectivity index (χ1n) is 5.35. The summed E-state index contributed by atoms with van der Waals surface area (Å²) in [4.78, 5) is 12.1. The smallest absolute Gasteiger partial charge is 0.246 e. The molecule has 0 radical (unpaired) electrons. The van der Waals surface area contributed by atoms with Crippen LogP contribution in [0, 0.1) is 6.92 Å². The van der Waals surface area contributed by atoms with Crippen LogP contribution in [-0.2, 0) is 6.54 Å². The third-order valence-electron chi connectivity index (χ3n) is 2.35. The minimum atomic E-state index is -0.112. The van der Waals surface area contributed by atoms with E-state index in [4.69, 9.17) is 4.42 Å². The summed E-state index contributed by atoms with van der Waals surface area (Å²) in [7, 11) is 0. The predicted octanol–water partition coefficient (Wildman–Crippen LogP) is 2.43. The molecular formula is C12H14N2O2. The lowest BCUT2D eigenvalue weighted by Crippen LogP contribution is -2.10. The van der Waals surface area contributed by atoms with Crippen molar-refractivity contribution in [2.45, 2.75) is 26.8 Å². The first-order chi connectivity index (χ1) is 7.72. The van der Waals surface area contributed by atoms with Crippen molar-refractivity contribution in [2.75, 3.05) is 0 Å². The van der Waals surface area contributed by atoms with Gasteiger partial charge in [0.15, 0.2) is 5.76 Å². The quantitative estimate of drug-likeness (QED) is 0.740. The lowest BCUT2D eigenvalue weighted by Gasteiger charge is -2.02. The second-order valence-electron chi connectivity index (χ2n) is 3.68. The zero-order valence-corrected chi connectivity index (χ0v) is 9.43. The SMILES string of the molecule is CCCn1nccc1C(=O)c1ccc(C)o1. The van der Waals surface area contributed by atoms with E-state index in [0.29, 0.717) is 11.5 Å². The summed E-state index contributed by atoms with van der Waals surface area (Å²) >= 11 is 0. The molecule has 0 N–H and O–H groups in total. The van der Waals surface area contributed by atoms with E-state index in [1.807, 2.05) is 13.8 Å². The second-order valence-corrected chi connectivity index (χ2v) is 3.68. The molecule has 0 aliphatic carbocycles. The Hall–Kier alpha value is -1.84. The van der Waals surface area contributed by atoms with Crippen LogP contribution in [0.5, 0.6) is 0 Å². The molecule has 0 amide bonds. The first-order valence-corrected chi connectivity index (χ1v) is 5.35. The van der Waals surface area contributed by atoms with Crippen molar-refractivity contribution in [2.24, 2.45) is 0 Å². The zero-order valence-electron chi connectivity index (χ0n) is 9.43. The maximum Gasteiger partial charge on any atom is 0.246 e. The maximum absolute atomic E-state index is 12.1. The van der Waals surface area contributed by atoms with E-state index in [-0.39, 0.29) is 5.78 Å². The number of rotatable bonds is 4. The van der Waals surface area contributed by atoms with Crippen molar-refractivity contribution in [1.29, 1.82) is 0 Å². The summed E-state index contributed by atoms with van der Waals surface area (Å²) in [5, 5.41) is 4.11. The van der Waals surface area contributed by atoms with Crippen LogP contribution in [0.25, 0.3) is 0 Å². The molecule has 0 aliphatic heterocycles. The minimum absolute atomic E-state index is 0.112. The summed E-state index contributed by atoms with van der Waals surface area (Å²) in [6.45, 7) is 4.61. The van der Waals surface area contributed by atoms with Gasteiger partial charge < -0.3 is 4.42 Å². The van der Waals surface area contributed by atoms with Crippen LogP contribution in [-0.4, -0.2) is 15.6 Å². The topological polar surface area (TPSA) is 48.0 Å². The van der Waals surface area contributed by atoms with Crippen molar-refractivity contribution < 1.29 is 9.21 Å². The van der Waals surface area contributed by atoms with Crippen LogP contribution >= 0.6 is 0 Å². The number of ketones is 1. The van der Waals surface area contributed by atoms with Crippen LogP contribution in [0.4, 0.5) is 0 Å². The van der Waals surface area contributed by atoms with Crippen molar-refractivity contribution in [3.63, 3.8) is 0 Å². The number of nitrogens with zero attached hydrogens (tertiary/aromatic N) is 2. The average molecular weight is 218 g/mol. The lowest BCUT2D eigenvalue weighted by atomic mass is 10.2. The Morgan fingerprint density at radius 2 is 2.25 bits per heavy atom. The molecule has 0 aliphatic rings. The van der Waals surface area contributed by atoms with Gasteiger partial charge in [-0.3, -0.25) is 9.48 Å². The van der Waals surface area contributed by atoms with E-state index in [1.165, 1.54) is 0 Å². The summed E-state index contributed by atoms with van der Waals surface area (Å²) in [5.74, 6) is 0.999. The van der Waals surface area contributed by atoms with E-state index in [9.17, 15) is 4.79 Å².